The number of rotatable bonds is 42. The quantitative estimate of drug-likeness (QED) is 0.0366. The summed E-state index contributed by atoms with van der Waals surface area (Å²) in [4.78, 5) is 11.3. The molecule has 0 fully saturated rings. The predicted octanol–water partition coefficient (Wildman–Crippen LogP) is 16.7. The minimum Gasteiger partial charge on any atom is -0.462 e. The highest BCUT2D eigenvalue weighted by Gasteiger charge is 2.02. The van der Waals surface area contributed by atoms with Crippen molar-refractivity contribution in [3.05, 3.63) is 12.2 Å². The molecule has 0 amide bonds. The van der Waals surface area contributed by atoms with Crippen LogP contribution in [-0.4, -0.2) is 12.6 Å². The average molecular weight is 675 g/mol. The van der Waals surface area contributed by atoms with Gasteiger partial charge in [0, 0.05) is 5.57 Å². The number of carbonyl (C=O) groups is 1. The number of unbranched alkanes of at least 4 members (excludes halogenated alkanes) is 39. The molecule has 0 unspecified atom stereocenters. The molecule has 0 rings (SSSR count). The second-order valence-electron chi connectivity index (χ2n) is 15.7. The number of esters is 1. The summed E-state index contributed by atoms with van der Waals surface area (Å²) in [5.41, 5.74) is 0.497. The minimum absolute atomic E-state index is 0.248. The summed E-state index contributed by atoms with van der Waals surface area (Å²) in [6, 6.07) is 0. The Morgan fingerprint density at radius 2 is 0.500 bits per heavy atom. The van der Waals surface area contributed by atoms with Crippen molar-refractivity contribution in [2.24, 2.45) is 0 Å². The van der Waals surface area contributed by atoms with Gasteiger partial charge in [-0.05, 0) is 13.3 Å². The lowest BCUT2D eigenvalue weighted by molar-refractivity contribution is -0.139. The summed E-state index contributed by atoms with van der Waals surface area (Å²) in [5, 5.41) is 0. The van der Waals surface area contributed by atoms with Crippen LogP contribution in [0.25, 0.3) is 0 Å². The van der Waals surface area contributed by atoms with Crippen molar-refractivity contribution in [2.75, 3.05) is 6.61 Å². The largest absolute Gasteiger partial charge is 0.462 e. The Morgan fingerprint density at radius 3 is 0.667 bits per heavy atom. The van der Waals surface area contributed by atoms with Crippen molar-refractivity contribution in [1.29, 1.82) is 0 Å². The Balaban J connectivity index is 3.07. The van der Waals surface area contributed by atoms with E-state index < -0.39 is 0 Å². The number of ether oxygens (including phenoxy) is 1. The molecule has 0 spiro atoms. The van der Waals surface area contributed by atoms with Gasteiger partial charge in [0.1, 0.15) is 0 Å². The highest BCUT2D eigenvalue weighted by Crippen LogP contribution is 2.17. The van der Waals surface area contributed by atoms with Crippen LogP contribution in [0, 0.1) is 0 Å². The normalized spacial score (nSPS) is 11.4. The van der Waals surface area contributed by atoms with Gasteiger partial charge >= 0.3 is 5.97 Å². The molecule has 2 heteroatoms. The molecule has 0 aromatic heterocycles. The van der Waals surface area contributed by atoms with Crippen LogP contribution in [-0.2, 0) is 9.53 Å². The van der Waals surface area contributed by atoms with Crippen molar-refractivity contribution in [3.8, 4) is 0 Å². The molecule has 2 nitrogen and oxygen atoms in total. The van der Waals surface area contributed by atoms with Crippen molar-refractivity contribution in [3.63, 3.8) is 0 Å². The molecule has 0 saturated carbocycles. The molecular formula is C46H90O2. The first-order valence-electron chi connectivity index (χ1n) is 22.5. The zero-order valence-corrected chi connectivity index (χ0v) is 33.5. The average Bonchev–Trinajstić information content (AvgIpc) is 3.08. The van der Waals surface area contributed by atoms with Gasteiger partial charge in [0.2, 0.25) is 0 Å². The zero-order valence-electron chi connectivity index (χ0n) is 33.5. The lowest BCUT2D eigenvalue weighted by Gasteiger charge is -2.05. The van der Waals surface area contributed by atoms with Gasteiger partial charge in [-0.1, -0.05) is 264 Å². The monoisotopic (exact) mass is 675 g/mol. The number of carbonyl (C=O) groups excluding carboxylic acids is 1. The first-order valence-corrected chi connectivity index (χ1v) is 22.5. The molecule has 0 aliphatic heterocycles. The van der Waals surface area contributed by atoms with Crippen LogP contribution in [0.3, 0.4) is 0 Å². The number of hydrogen-bond donors (Lipinski definition) is 0. The van der Waals surface area contributed by atoms with E-state index in [1.165, 1.54) is 250 Å². The van der Waals surface area contributed by atoms with E-state index >= 15 is 0 Å². The van der Waals surface area contributed by atoms with Crippen LogP contribution in [0.4, 0.5) is 0 Å². The second-order valence-corrected chi connectivity index (χ2v) is 15.7. The van der Waals surface area contributed by atoms with Gasteiger partial charge < -0.3 is 4.74 Å². The van der Waals surface area contributed by atoms with Gasteiger partial charge in [-0.25, -0.2) is 4.79 Å². The summed E-state index contributed by atoms with van der Waals surface area (Å²) in [6.07, 6.45) is 57.5. The van der Waals surface area contributed by atoms with Crippen molar-refractivity contribution >= 4 is 5.97 Å². The van der Waals surface area contributed by atoms with E-state index in [-0.39, 0.29) is 5.97 Å². The van der Waals surface area contributed by atoms with Gasteiger partial charge in [-0.3, -0.25) is 0 Å². The lowest BCUT2D eigenvalue weighted by Crippen LogP contribution is -2.05. The SMILES string of the molecule is C=C(C)C(=O)OCCCCCCCCCCCCCCCCCCCCCCCCCCCCCCCCCCCCCCCCCC. The van der Waals surface area contributed by atoms with E-state index in [0.717, 1.165) is 6.42 Å². The summed E-state index contributed by atoms with van der Waals surface area (Å²) in [7, 11) is 0. The first-order chi connectivity index (χ1) is 23.7. The van der Waals surface area contributed by atoms with Gasteiger partial charge in [-0.2, -0.15) is 0 Å². The van der Waals surface area contributed by atoms with E-state index in [0.29, 0.717) is 12.2 Å². The minimum atomic E-state index is -0.248. The molecule has 0 aromatic rings. The molecule has 0 saturated heterocycles. The summed E-state index contributed by atoms with van der Waals surface area (Å²) >= 11 is 0. The Bertz CT molecular complexity index is 626. The number of hydrogen-bond acceptors (Lipinski definition) is 2. The van der Waals surface area contributed by atoms with Crippen LogP contribution in [0.2, 0.25) is 0 Å². The third-order valence-electron chi connectivity index (χ3n) is 10.6. The van der Waals surface area contributed by atoms with Crippen molar-refractivity contribution in [2.45, 2.75) is 271 Å². The molecule has 0 bridgehead atoms. The molecular weight excluding hydrogens is 585 g/mol. The fourth-order valence-corrected chi connectivity index (χ4v) is 7.18. The van der Waals surface area contributed by atoms with E-state index in [1.807, 2.05) is 0 Å². The standard InChI is InChI=1S/C46H90O2/c1-4-5-6-7-8-9-10-11-12-13-14-15-16-17-18-19-20-21-22-23-24-25-26-27-28-29-30-31-32-33-34-35-36-37-38-39-40-41-42-43-44-48-46(47)45(2)3/h2,4-44H2,1,3H3. The molecule has 286 valence electrons. The van der Waals surface area contributed by atoms with E-state index in [2.05, 4.69) is 13.5 Å². The van der Waals surface area contributed by atoms with Crippen LogP contribution in [0.5, 0.6) is 0 Å². The van der Waals surface area contributed by atoms with Gasteiger partial charge in [-0.15, -0.1) is 0 Å². The van der Waals surface area contributed by atoms with E-state index in [9.17, 15) is 4.79 Å². The molecule has 48 heavy (non-hydrogen) atoms. The Kier molecular flexibility index (Phi) is 41.7. The van der Waals surface area contributed by atoms with Crippen LogP contribution >= 0.6 is 0 Å². The first kappa shape index (κ1) is 47.2. The van der Waals surface area contributed by atoms with Gasteiger partial charge in [0.25, 0.3) is 0 Å². The lowest BCUT2D eigenvalue weighted by atomic mass is 10.0. The van der Waals surface area contributed by atoms with Gasteiger partial charge in [0.05, 0.1) is 6.61 Å². The molecule has 0 N–H and O–H groups in total. The fraction of sp³-hybridized carbons (Fsp3) is 0.935. The van der Waals surface area contributed by atoms with Gasteiger partial charge in [0.15, 0.2) is 0 Å². The van der Waals surface area contributed by atoms with Crippen molar-refractivity contribution in [1.82, 2.24) is 0 Å². The Hall–Kier alpha value is -0.790. The molecule has 0 radical (unpaired) electrons. The maximum atomic E-state index is 11.3. The Morgan fingerprint density at radius 1 is 0.333 bits per heavy atom. The summed E-state index contributed by atoms with van der Waals surface area (Å²) < 4.78 is 5.14. The predicted molar refractivity (Wildman–Crippen MR) is 216 cm³/mol. The van der Waals surface area contributed by atoms with E-state index in [4.69, 9.17) is 4.74 Å². The van der Waals surface area contributed by atoms with Crippen molar-refractivity contribution < 1.29 is 9.53 Å². The van der Waals surface area contributed by atoms with Crippen LogP contribution in [0.15, 0.2) is 12.2 Å². The Labute approximate surface area is 304 Å². The third kappa shape index (κ3) is 41.4. The highest BCUT2D eigenvalue weighted by molar-refractivity contribution is 5.86. The molecule has 0 aliphatic rings. The zero-order chi connectivity index (χ0) is 34.9. The molecule has 0 aliphatic carbocycles. The molecule has 0 heterocycles. The highest BCUT2D eigenvalue weighted by atomic mass is 16.5. The maximum absolute atomic E-state index is 11.3. The molecule has 0 atom stereocenters. The third-order valence-corrected chi connectivity index (χ3v) is 10.6. The maximum Gasteiger partial charge on any atom is 0.333 e. The van der Waals surface area contributed by atoms with Crippen LogP contribution in [0.1, 0.15) is 271 Å². The summed E-state index contributed by atoms with van der Waals surface area (Å²) in [5.74, 6) is -0.248. The van der Waals surface area contributed by atoms with Crippen LogP contribution < -0.4 is 0 Å². The topological polar surface area (TPSA) is 26.3 Å². The second kappa shape index (κ2) is 42.4. The smallest absolute Gasteiger partial charge is 0.333 e. The molecule has 0 aromatic carbocycles. The van der Waals surface area contributed by atoms with E-state index in [1.54, 1.807) is 6.92 Å². The fourth-order valence-electron chi connectivity index (χ4n) is 7.18. The summed E-state index contributed by atoms with van der Waals surface area (Å²) in [6.45, 7) is 8.17.